The quantitative estimate of drug-likeness (QED) is 0.760. The fourth-order valence-corrected chi connectivity index (χ4v) is 4.09. The van der Waals surface area contributed by atoms with Crippen molar-refractivity contribution in [2.45, 2.75) is 43.7 Å². The maximum Gasteiger partial charge on any atom is 0.345 e. The van der Waals surface area contributed by atoms with E-state index in [2.05, 4.69) is 9.82 Å². The Morgan fingerprint density at radius 1 is 1.32 bits per heavy atom. The van der Waals surface area contributed by atoms with Gasteiger partial charge in [0.15, 0.2) is 0 Å². The van der Waals surface area contributed by atoms with Gasteiger partial charge in [0, 0.05) is 31.1 Å². The van der Waals surface area contributed by atoms with E-state index in [-0.39, 0.29) is 17.3 Å². The first kappa shape index (κ1) is 18.1. The van der Waals surface area contributed by atoms with E-state index < -0.39 is 20.7 Å². The number of benzene rings is 1. The average Bonchev–Trinajstić information content (AvgIpc) is 2.88. The number of aryl methyl sites for hydroxylation is 2. The lowest BCUT2D eigenvalue weighted by atomic mass is 10.2. The highest BCUT2D eigenvalue weighted by molar-refractivity contribution is 7.89. The largest absolute Gasteiger partial charge is 0.345 e. The molecule has 2 heterocycles. The second-order valence-electron chi connectivity index (χ2n) is 5.86. The Labute approximate surface area is 149 Å². The molecule has 0 amide bonds. The van der Waals surface area contributed by atoms with Crippen LogP contribution in [0.2, 0.25) is 5.02 Å². The smallest absolute Gasteiger partial charge is 0.279 e. The van der Waals surface area contributed by atoms with Crippen LogP contribution in [0, 0.1) is 5.82 Å². The van der Waals surface area contributed by atoms with Crippen molar-refractivity contribution in [1.82, 2.24) is 19.1 Å². The van der Waals surface area contributed by atoms with Crippen molar-refractivity contribution < 1.29 is 12.8 Å². The number of nitrogens with one attached hydrogen (secondary N) is 1. The number of aromatic nitrogens is 3. The molecule has 0 atom stereocenters. The lowest BCUT2D eigenvalue weighted by molar-refractivity contribution is 0.508. The predicted molar refractivity (Wildman–Crippen MR) is 90.6 cm³/mol. The summed E-state index contributed by atoms with van der Waals surface area (Å²) in [6.45, 7) is 1.04. The molecule has 1 aromatic carbocycles. The minimum atomic E-state index is -3.97. The molecule has 2 aromatic rings. The van der Waals surface area contributed by atoms with Crippen molar-refractivity contribution in [2.24, 2.45) is 0 Å². The number of sulfonamides is 1. The Bertz CT molecular complexity index is 939. The molecule has 0 fully saturated rings. The molecule has 10 heteroatoms. The van der Waals surface area contributed by atoms with Gasteiger partial charge in [0.1, 0.15) is 16.5 Å². The highest BCUT2D eigenvalue weighted by atomic mass is 35.5. The summed E-state index contributed by atoms with van der Waals surface area (Å²) in [6.07, 6.45) is 3.13. The summed E-state index contributed by atoms with van der Waals surface area (Å²) in [7, 11) is -3.97. The molecule has 0 radical (unpaired) electrons. The number of hydrogen-bond acceptors (Lipinski definition) is 4. The number of halogens is 2. The molecule has 1 N–H and O–H groups in total. The van der Waals surface area contributed by atoms with Gasteiger partial charge < -0.3 is 0 Å². The van der Waals surface area contributed by atoms with Crippen molar-refractivity contribution in [2.75, 3.05) is 6.54 Å². The molecule has 1 aliphatic rings. The zero-order chi connectivity index (χ0) is 18.0. The number of rotatable bonds is 6. The third-order valence-corrected chi connectivity index (χ3v) is 5.78. The highest BCUT2D eigenvalue weighted by Crippen LogP contribution is 2.18. The summed E-state index contributed by atoms with van der Waals surface area (Å²) in [4.78, 5) is 11.7. The van der Waals surface area contributed by atoms with Crippen molar-refractivity contribution >= 4 is 21.6 Å². The molecule has 1 aromatic heterocycles. The molecule has 3 rings (SSSR count). The third-order valence-electron chi connectivity index (χ3n) is 4.05. The molecular weight excluding hydrogens is 371 g/mol. The first-order valence-electron chi connectivity index (χ1n) is 8.00. The molecule has 1 aliphatic heterocycles. The summed E-state index contributed by atoms with van der Waals surface area (Å²) in [5.74, 6) is -0.127. The van der Waals surface area contributed by atoms with Crippen molar-refractivity contribution in [1.29, 1.82) is 0 Å². The van der Waals surface area contributed by atoms with E-state index in [0.717, 1.165) is 37.2 Å². The van der Waals surface area contributed by atoms with Crippen molar-refractivity contribution in [3.05, 3.63) is 45.3 Å². The molecule has 136 valence electrons. The molecule has 0 spiro atoms. The lowest BCUT2D eigenvalue weighted by Gasteiger charge is -2.09. The Balaban J connectivity index is 1.60. The lowest BCUT2D eigenvalue weighted by Crippen LogP contribution is -2.29. The summed E-state index contributed by atoms with van der Waals surface area (Å²) < 4.78 is 43.3. The molecule has 25 heavy (non-hydrogen) atoms. The van der Waals surface area contributed by atoms with Gasteiger partial charge in [0.25, 0.3) is 0 Å². The van der Waals surface area contributed by atoms with Crippen molar-refractivity contribution in [3.8, 4) is 0 Å². The van der Waals surface area contributed by atoms with Crippen LogP contribution >= 0.6 is 11.6 Å². The molecule has 0 saturated heterocycles. The highest BCUT2D eigenvalue weighted by Gasteiger charge is 2.19. The standard InChI is InChI=1S/C15H18ClFN4O3S/c16-11-5-6-13(12(17)10-11)25(23,24)18-7-3-9-21-15(22)20-8-2-1-4-14(20)19-21/h5-6,10,18H,1-4,7-9H2. The van der Waals surface area contributed by atoms with Crippen LogP contribution in [-0.2, 0) is 29.5 Å². The van der Waals surface area contributed by atoms with Crippen LogP contribution in [0.15, 0.2) is 27.9 Å². The fraction of sp³-hybridized carbons (Fsp3) is 0.467. The first-order valence-corrected chi connectivity index (χ1v) is 9.86. The summed E-state index contributed by atoms with van der Waals surface area (Å²) >= 11 is 5.62. The van der Waals surface area contributed by atoms with Crippen LogP contribution in [-0.4, -0.2) is 29.3 Å². The number of hydrogen-bond donors (Lipinski definition) is 1. The Kier molecular flexibility index (Phi) is 5.26. The summed E-state index contributed by atoms with van der Waals surface area (Å²) in [5.41, 5.74) is -0.165. The van der Waals surface area contributed by atoms with E-state index >= 15 is 0 Å². The van der Waals surface area contributed by atoms with Gasteiger partial charge in [-0.15, -0.1) is 0 Å². The van der Waals surface area contributed by atoms with Crippen LogP contribution in [0.3, 0.4) is 0 Å². The normalized spacial score (nSPS) is 14.5. The molecular formula is C15H18ClFN4O3S. The van der Waals surface area contributed by atoms with E-state index in [9.17, 15) is 17.6 Å². The van der Waals surface area contributed by atoms with E-state index in [1.54, 1.807) is 4.57 Å². The van der Waals surface area contributed by atoms with E-state index in [1.165, 1.54) is 10.7 Å². The van der Waals surface area contributed by atoms with Gasteiger partial charge in [-0.1, -0.05) is 11.6 Å². The predicted octanol–water partition coefficient (Wildman–Crippen LogP) is 1.54. The van der Waals surface area contributed by atoms with Gasteiger partial charge >= 0.3 is 5.69 Å². The molecule has 0 saturated carbocycles. The third kappa shape index (κ3) is 3.94. The number of nitrogens with zero attached hydrogens (tertiary/aromatic N) is 3. The van der Waals surface area contributed by atoms with Crippen LogP contribution in [0.1, 0.15) is 25.1 Å². The number of fused-ring (bicyclic) bond motifs is 1. The molecule has 7 nitrogen and oxygen atoms in total. The minimum Gasteiger partial charge on any atom is -0.279 e. The fourth-order valence-electron chi connectivity index (χ4n) is 2.80. The topological polar surface area (TPSA) is 86.0 Å². The average molecular weight is 389 g/mol. The summed E-state index contributed by atoms with van der Waals surface area (Å²) in [5, 5.41) is 4.41. The Hall–Kier alpha value is -1.71. The first-order chi connectivity index (χ1) is 11.9. The summed E-state index contributed by atoms with van der Waals surface area (Å²) in [6, 6.07) is 3.38. The van der Waals surface area contributed by atoms with Gasteiger partial charge in [-0.3, -0.25) is 4.57 Å². The van der Waals surface area contributed by atoms with Gasteiger partial charge in [-0.05, 0) is 37.5 Å². The van der Waals surface area contributed by atoms with Crippen LogP contribution < -0.4 is 10.4 Å². The van der Waals surface area contributed by atoms with Crippen molar-refractivity contribution in [3.63, 3.8) is 0 Å². The van der Waals surface area contributed by atoms with Gasteiger partial charge in [-0.2, -0.15) is 5.10 Å². The van der Waals surface area contributed by atoms with E-state index in [4.69, 9.17) is 11.6 Å². The maximum atomic E-state index is 13.7. The second-order valence-corrected chi connectivity index (χ2v) is 8.03. The van der Waals surface area contributed by atoms with Crippen LogP contribution in [0.25, 0.3) is 0 Å². The zero-order valence-electron chi connectivity index (χ0n) is 13.4. The second kappa shape index (κ2) is 7.27. The van der Waals surface area contributed by atoms with Crippen LogP contribution in [0.5, 0.6) is 0 Å². The van der Waals surface area contributed by atoms with Gasteiger partial charge in [0.05, 0.1) is 0 Å². The Morgan fingerprint density at radius 2 is 2.12 bits per heavy atom. The van der Waals surface area contributed by atoms with E-state index in [1.807, 2.05) is 0 Å². The monoisotopic (exact) mass is 388 g/mol. The Morgan fingerprint density at radius 3 is 2.84 bits per heavy atom. The van der Waals surface area contributed by atoms with Gasteiger partial charge in [-0.25, -0.2) is 27.0 Å². The van der Waals surface area contributed by atoms with Crippen LogP contribution in [0.4, 0.5) is 4.39 Å². The van der Waals surface area contributed by atoms with Gasteiger partial charge in [0.2, 0.25) is 10.0 Å². The van der Waals surface area contributed by atoms with E-state index in [0.29, 0.717) is 19.5 Å². The zero-order valence-corrected chi connectivity index (χ0v) is 15.0. The SMILES string of the molecule is O=c1n(CCCNS(=O)(=O)c2ccc(Cl)cc2F)nc2n1CCCC2. The molecule has 0 bridgehead atoms. The minimum absolute atomic E-state index is 0.0685. The maximum absolute atomic E-state index is 13.7. The molecule has 0 aliphatic carbocycles. The molecule has 0 unspecified atom stereocenters.